The fourth-order valence-electron chi connectivity index (χ4n) is 1.18. The minimum absolute atomic E-state index is 0.588. The molecule has 4 nitrogen and oxygen atoms in total. The molecule has 0 amide bonds. The quantitative estimate of drug-likeness (QED) is 0.442. The third kappa shape index (κ3) is 7.09. The Balaban J connectivity index is 4.87. The van der Waals surface area contributed by atoms with Crippen LogP contribution in [0, 0.1) is 5.92 Å². The van der Waals surface area contributed by atoms with Crippen molar-refractivity contribution in [2.45, 2.75) is 59.7 Å². The SMILES string of the molecule is CC=CC(C(=O)OC(C)(C)C)C(=O)OC(C)(C)C. The zero-order valence-electron chi connectivity index (χ0n) is 12.4. The summed E-state index contributed by atoms with van der Waals surface area (Å²) < 4.78 is 10.4. The van der Waals surface area contributed by atoms with Crippen LogP contribution in [0.25, 0.3) is 0 Å². The van der Waals surface area contributed by atoms with E-state index in [0.29, 0.717) is 0 Å². The summed E-state index contributed by atoms with van der Waals surface area (Å²) in [6, 6.07) is 0. The molecule has 104 valence electrons. The molecule has 4 heteroatoms. The highest BCUT2D eigenvalue weighted by molar-refractivity contribution is 5.97. The first-order valence-corrected chi connectivity index (χ1v) is 6.05. The van der Waals surface area contributed by atoms with E-state index in [0.717, 1.165) is 0 Å². The molecule has 0 aliphatic heterocycles. The van der Waals surface area contributed by atoms with Crippen LogP contribution < -0.4 is 0 Å². The minimum atomic E-state index is -1.01. The normalized spacial score (nSPS) is 12.9. The molecule has 0 bridgehead atoms. The van der Waals surface area contributed by atoms with Crippen molar-refractivity contribution in [2.75, 3.05) is 0 Å². The lowest BCUT2D eigenvalue weighted by Crippen LogP contribution is -2.36. The molecule has 0 fully saturated rings. The first kappa shape index (κ1) is 16.7. The summed E-state index contributed by atoms with van der Waals surface area (Å²) in [5, 5.41) is 0. The maximum Gasteiger partial charge on any atom is 0.324 e. The van der Waals surface area contributed by atoms with Crippen LogP contribution in [-0.4, -0.2) is 23.1 Å². The molecule has 0 aromatic rings. The van der Waals surface area contributed by atoms with Crippen molar-refractivity contribution in [2.24, 2.45) is 5.92 Å². The summed E-state index contributed by atoms with van der Waals surface area (Å²) >= 11 is 0. The van der Waals surface area contributed by atoms with E-state index in [2.05, 4.69) is 0 Å². The summed E-state index contributed by atoms with van der Waals surface area (Å²) in [4.78, 5) is 23.8. The van der Waals surface area contributed by atoms with Crippen LogP contribution in [-0.2, 0) is 19.1 Å². The van der Waals surface area contributed by atoms with Crippen LogP contribution in [0.2, 0.25) is 0 Å². The Labute approximate surface area is 109 Å². The Bertz CT molecular complexity index is 301. The van der Waals surface area contributed by atoms with E-state index in [9.17, 15) is 9.59 Å². The monoisotopic (exact) mass is 256 g/mol. The molecule has 18 heavy (non-hydrogen) atoms. The lowest BCUT2D eigenvalue weighted by molar-refractivity contribution is -0.171. The van der Waals surface area contributed by atoms with Crippen LogP contribution in [0.15, 0.2) is 12.2 Å². The van der Waals surface area contributed by atoms with Gasteiger partial charge in [0.05, 0.1) is 0 Å². The molecule has 0 spiro atoms. The Morgan fingerprint density at radius 1 is 0.889 bits per heavy atom. The van der Waals surface area contributed by atoms with E-state index in [1.165, 1.54) is 6.08 Å². The highest BCUT2D eigenvalue weighted by atomic mass is 16.6. The van der Waals surface area contributed by atoms with Crippen molar-refractivity contribution in [3.63, 3.8) is 0 Å². The second-order valence-electron chi connectivity index (χ2n) is 6.07. The zero-order chi connectivity index (χ0) is 14.6. The lowest BCUT2D eigenvalue weighted by atomic mass is 10.1. The molecule has 0 radical (unpaired) electrons. The van der Waals surface area contributed by atoms with Crippen LogP contribution in [0.4, 0.5) is 0 Å². The standard InChI is InChI=1S/C14H24O4/c1-8-9-10(11(15)17-13(2,3)4)12(16)18-14(5,6)7/h8-10H,1-7H3. The average Bonchev–Trinajstić information content (AvgIpc) is 2.07. The van der Waals surface area contributed by atoms with Gasteiger partial charge in [-0.2, -0.15) is 0 Å². The summed E-state index contributed by atoms with van der Waals surface area (Å²) in [5.74, 6) is -2.18. The molecule has 0 aliphatic rings. The summed E-state index contributed by atoms with van der Waals surface area (Å²) in [5.41, 5.74) is -1.25. The summed E-state index contributed by atoms with van der Waals surface area (Å²) in [6.45, 7) is 12.3. The van der Waals surface area contributed by atoms with Crippen LogP contribution in [0.1, 0.15) is 48.5 Å². The molecular formula is C14H24O4. The molecule has 0 unspecified atom stereocenters. The predicted octanol–water partition coefficient (Wildman–Crippen LogP) is 2.86. The number of allylic oxidation sites excluding steroid dienone is 1. The number of carbonyl (C=O) groups excluding carboxylic acids is 2. The number of ether oxygens (including phenoxy) is 2. The van der Waals surface area contributed by atoms with Gasteiger partial charge in [-0.1, -0.05) is 12.2 Å². The molecule has 0 rings (SSSR count). The van der Waals surface area contributed by atoms with E-state index in [1.54, 1.807) is 54.5 Å². The van der Waals surface area contributed by atoms with Gasteiger partial charge < -0.3 is 9.47 Å². The van der Waals surface area contributed by atoms with Gasteiger partial charge in [-0.15, -0.1) is 0 Å². The van der Waals surface area contributed by atoms with E-state index >= 15 is 0 Å². The number of hydrogen-bond donors (Lipinski definition) is 0. The van der Waals surface area contributed by atoms with Gasteiger partial charge in [0.15, 0.2) is 5.92 Å². The van der Waals surface area contributed by atoms with Gasteiger partial charge in [0, 0.05) is 0 Å². The molecule has 0 saturated heterocycles. The fourth-order valence-corrected chi connectivity index (χ4v) is 1.18. The Hall–Kier alpha value is -1.32. The van der Waals surface area contributed by atoms with Gasteiger partial charge in [0.1, 0.15) is 11.2 Å². The highest BCUT2D eigenvalue weighted by Crippen LogP contribution is 2.17. The van der Waals surface area contributed by atoms with Gasteiger partial charge in [-0.25, -0.2) is 0 Å². The smallest absolute Gasteiger partial charge is 0.324 e. The van der Waals surface area contributed by atoms with Crippen molar-refractivity contribution >= 4 is 11.9 Å². The summed E-state index contributed by atoms with van der Waals surface area (Å²) in [6.07, 6.45) is 3.13. The molecule has 0 aliphatic carbocycles. The molecule has 0 aromatic heterocycles. The lowest BCUT2D eigenvalue weighted by Gasteiger charge is -2.25. The topological polar surface area (TPSA) is 52.6 Å². The first-order valence-electron chi connectivity index (χ1n) is 6.05. The Morgan fingerprint density at radius 2 is 1.22 bits per heavy atom. The molecule has 0 atom stereocenters. The third-order valence-corrected chi connectivity index (χ3v) is 1.71. The van der Waals surface area contributed by atoms with Crippen molar-refractivity contribution in [1.82, 2.24) is 0 Å². The minimum Gasteiger partial charge on any atom is -0.459 e. The predicted molar refractivity (Wildman–Crippen MR) is 70.0 cm³/mol. The molecule has 0 aromatic carbocycles. The van der Waals surface area contributed by atoms with Gasteiger partial charge in [0.2, 0.25) is 0 Å². The maximum atomic E-state index is 11.9. The second kappa shape index (κ2) is 6.03. The van der Waals surface area contributed by atoms with Crippen molar-refractivity contribution in [3.8, 4) is 0 Å². The van der Waals surface area contributed by atoms with Crippen LogP contribution in [0.3, 0.4) is 0 Å². The zero-order valence-corrected chi connectivity index (χ0v) is 12.4. The van der Waals surface area contributed by atoms with E-state index in [4.69, 9.17) is 9.47 Å². The highest BCUT2D eigenvalue weighted by Gasteiger charge is 2.32. The Morgan fingerprint density at radius 3 is 1.44 bits per heavy atom. The number of carbonyl (C=O) groups is 2. The van der Waals surface area contributed by atoms with Crippen molar-refractivity contribution < 1.29 is 19.1 Å². The largest absolute Gasteiger partial charge is 0.459 e. The molecule has 0 N–H and O–H groups in total. The van der Waals surface area contributed by atoms with Gasteiger partial charge in [0.25, 0.3) is 0 Å². The number of rotatable bonds is 3. The van der Waals surface area contributed by atoms with Gasteiger partial charge in [-0.3, -0.25) is 9.59 Å². The summed E-state index contributed by atoms with van der Waals surface area (Å²) in [7, 11) is 0. The van der Waals surface area contributed by atoms with Crippen molar-refractivity contribution in [3.05, 3.63) is 12.2 Å². The van der Waals surface area contributed by atoms with E-state index in [-0.39, 0.29) is 0 Å². The van der Waals surface area contributed by atoms with E-state index < -0.39 is 29.1 Å². The third-order valence-electron chi connectivity index (χ3n) is 1.71. The molecule has 0 heterocycles. The first-order chi connectivity index (χ1) is 7.96. The van der Waals surface area contributed by atoms with Crippen molar-refractivity contribution in [1.29, 1.82) is 0 Å². The van der Waals surface area contributed by atoms with E-state index in [1.807, 2.05) is 0 Å². The number of esters is 2. The van der Waals surface area contributed by atoms with Gasteiger partial charge in [-0.05, 0) is 48.5 Å². The van der Waals surface area contributed by atoms with Crippen LogP contribution >= 0.6 is 0 Å². The molecular weight excluding hydrogens is 232 g/mol. The van der Waals surface area contributed by atoms with Crippen LogP contribution in [0.5, 0.6) is 0 Å². The Kier molecular flexibility index (Phi) is 5.58. The molecule has 0 saturated carbocycles. The number of hydrogen-bond acceptors (Lipinski definition) is 4. The fraction of sp³-hybridized carbons (Fsp3) is 0.714. The maximum absolute atomic E-state index is 11.9. The average molecular weight is 256 g/mol. The second-order valence-corrected chi connectivity index (χ2v) is 6.07. The van der Waals surface area contributed by atoms with Gasteiger partial charge >= 0.3 is 11.9 Å².